The minimum absolute atomic E-state index is 0.238. The van der Waals surface area contributed by atoms with Gasteiger partial charge in [-0.05, 0) is 48.7 Å². The summed E-state index contributed by atoms with van der Waals surface area (Å²) in [5.74, 6) is 0.728. The molecular weight excluding hydrogens is 302 g/mol. The van der Waals surface area contributed by atoms with E-state index in [1.54, 1.807) is 12.1 Å². The third kappa shape index (κ3) is 3.23. The van der Waals surface area contributed by atoms with Crippen molar-refractivity contribution in [2.75, 3.05) is 0 Å². The molecule has 0 fully saturated rings. The first-order valence-corrected chi connectivity index (χ1v) is 7.99. The van der Waals surface area contributed by atoms with Gasteiger partial charge in [-0.25, -0.2) is 4.79 Å². The van der Waals surface area contributed by atoms with Gasteiger partial charge in [-0.15, -0.1) is 0 Å². The Hall–Kier alpha value is -2.88. The highest BCUT2D eigenvalue weighted by molar-refractivity contribution is 5.88. The summed E-state index contributed by atoms with van der Waals surface area (Å²) in [6.45, 7) is 4.27. The van der Waals surface area contributed by atoms with E-state index in [1.165, 1.54) is 12.1 Å². The molecule has 0 saturated carbocycles. The minimum Gasteiger partial charge on any atom is -0.478 e. The molecule has 1 aromatic heterocycles. The van der Waals surface area contributed by atoms with Gasteiger partial charge in [-0.1, -0.05) is 26.0 Å². The monoisotopic (exact) mass is 321 g/mol. The van der Waals surface area contributed by atoms with E-state index < -0.39 is 5.97 Å². The van der Waals surface area contributed by atoms with Crippen molar-refractivity contribution in [2.45, 2.75) is 26.2 Å². The molecule has 0 amide bonds. The zero-order valence-electron chi connectivity index (χ0n) is 13.7. The first-order valence-electron chi connectivity index (χ1n) is 7.99. The van der Waals surface area contributed by atoms with Crippen molar-refractivity contribution < 1.29 is 14.6 Å². The van der Waals surface area contributed by atoms with Gasteiger partial charge < -0.3 is 9.84 Å². The molecule has 1 unspecified atom stereocenters. The molecular formula is C20H19NO3. The molecule has 122 valence electrons. The Kier molecular flexibility index (Phi) is 4.47. The third-order valence-corrected chi connectivity index (χ3v) is 4.14. The molecule has 3 rings (SSSR count). The molecule has 24 heavy (non-hydrogen) atoms. The Morgan fingerprint density at radius 2 is 1.88 bits per heavy atom. The molecule has 4 heteroatoms. The summed E-state index contributed by atoms with van der Waals surface area (Å²) in [6, 6.07) is 16.2. The van der Waals surface area contributed by atoms with Crippen molar-refractivity contribution >= 4 is 16.9 Å². The van der Waals surface area contributed by atoms with Crippen molar-refractivity contribution in [1.82, 2.24) is 4.98 Å². The van der Waals surface area contributed by atoms with E-state index in [1.807, 2.05) is 30.3 Å². The summed E-state index contributed by atoms with van der Waals surface area (Å²) in [5, 5.41) is 9.92. The molecule has 2 aromatic carbocycles. The van der Waals surface area contributed by atoms with E-state index in [9.17, 15) is 4.79 Å². The van der Waals surface area contributed by atoms with Crippen LogP contribution in [0.3, 0.4) is 0 Å². The standard InChI is InChI=1S/C20H19NO3/c1-3-13(2)18-12-19(16-6-4-5-7-17(16)21-18)24-15-10-8-14(9-11-15)20(22)23/h4-13H,3H2,1-2H3,(H,22,23). The molecule has 0 saturated heterocycles. The number of benzene rings is 2. The van der Waals surface area contributed by atoms with Crippen molar-refractivity contribution in [3.05, 3.63) is 65.9 Å². The molecule has 0 bridgehead atoms. The minimum atomic E-state index is -0.949. The second-order valence-corrected chi connectivity index (χ2v) is 5.80. The highest BCUT2D eigenvalue weighted by Gasteiger charge is 2.12. The molecule has 1 atom stereocenters. The number of para-hydroxylation sites is 1. The second-order valence-electron chi connectivity index (χ2n) is 5.80. The second kappa shape index (κ2) is 6.71. The van der Waals surface area contributed by atoms with E-state index in [2.05, 4.69) is 13.8 Å². The highest BCUT2D eigenvalue weighted by Crippen LogP contribution is 2.32. The molecule has 0 radical (unpaired) electrons. The lowest BCUT2D eigenvalue weighted by molar-refractivity contribution is 0.0697. The number of aromatic carboxylic acids is 1. The molecule has 3 aromatic rings. The number of carboxylic acid groups (broad SMARTS) is 1. The maximum atomic E-state index is 10.9. The van der Waals surface area contributed by atoms with Crippen LogP contribution in [0.2, 0.25) is 0 Å². The number of nitrogens with zero attached hydrogens (tertiary/aromatic N) is 1. The normalized spacial score (nSPS) is 12.1. The number of hydrogen-bond donors (Lipinski definition) is 1. The average Bonchev–Trinajstić information content (AvgIpc) is 2.61. The van der Waals surface area contributed by atoms with Crippen molar-refractivity contribution in [2.24, 2.45) is 0 Å². The van der Waals surface area contributed by atoms with E-state index in [-0.39, 0.29) is 5.56 Å². The Labute approximate surface area is 140 Å². The fraction of sp³-hybridized carbons (Fsp3) is 0.200. The van der Waals surface area contributed by atoms with Gasteiger partial charge in [0.15, 0.2) is 0 Å². The number of rotatable bonds is 5. The summed E-state index contributed by atoms with van der Waals surface area (Å²) < 4.78 is 6.03. The van der Waals surface area contributed by atoms with Crippen LogP contribution in [0, 0.1) is 0 Å². The SMILES string of the molecule is CCC(C)c1cc(Oc2ccc(C(=O)O)cc2)c2ccccc2n1. The zero-order valence-corrected chi connectivity index (χ0v) is 13.7. The molecule has 4 nitrogen and oxygen atoms in total. The van der Waals surface area contributed by atoms with Crippen LogP contribution in [-0.4, -0.2) is 16.1 Å². The Bertz CT molecular complexity index is 872. The van der Waals surface area contributed by atoms with Gasteiger partial charge in [0.05, 0.1) is 11.1 Å². The number of hydrogen-bond acceptors (Lipinski definition) is 3. The number of pyridine rings is 1. The summed E-state index contributed by atoms with van der Waals surface area (Å²) in [4.78, 5) is 15.7. The Morgan fingerprint density at radius 1 is 1.17 bits per heavy atom. The van der Waals surface area contributed by atoms with Crippen molar-refractivity contribution in [3.63, 3.8) is 0 Å². The predicted octanol–water partition coefficient (Wildman–Crippen LogP) is 5.24. The summed E-state index contributed by atoms with van der Waals surface area (Å²) >= 11 is 0. The van der Waals surface area contributed by atoms with Crippen LogP contribution in [0.25, 0.3) is 10.9 Å². The smallest absolute Gasteiger partial charge is 0.335 e. The average molecular weight is 321 g/mol. The van der Waals surface area contributed by atoms with Crippen LogP contribution < -0.4 is 4.74 Å². The van der Waals surface area contributed by atoms with Gasteiger partial charge in [-0.3, -0.25) is 4.98 Å². The van der Waals surface area contributed by atoms with E-state index in [4.69, 9.17) is 14.8 Å². The van der Waals surface area contributed by atoms with Gasteiger partial charge in [0, 0.05) is 17.1 Å². The maximum Gasteiger partial charge on any atom is 0.335 e. The lowest BCUT2D eigenvalue weighted by Gasteiger charge is -2.14. The van der Waals surface area contributed by atoms with E-state index >= 15 is 0 Å². The van der Waals surface area contributed by atoms with Gasteiger partial charge in [0.1, 0.15) is 11.5 Å². The number of carbonyl (C=O) groups is 1. The van der Waals surface area contributed by atoms with Crippen molar-refractivity contribution in [3.8, 4) is 11.5 Å². The van der Waals surface area contributed by atoms with E-state index in [0.29, 0.717) is 11.7 Å². The fourth-order valence-corrected chi connectivity index (χ4v) is 2.50. The topological polar surface area (TPSA) is 59.4 Å². The predicted molar refractivity (Wildman–Crippen MR) is 93.9 cm³/mol. The fourth-order valence-electron chi connectivity index (χ4n) is 2.50. The molecule has 1 heterocycles. The van der Waals surface area contributed by atoms with Gasteiger partial charge >= 0.3 is 5.97 Å². The van der Waals surface area contributed by atoms with Crippen LogP contribution in [-0.2, 0) is 0 Å². The maximum absolute atomic E-state index is 10.9. The van der Waals surface area contributed by atoms with Crippen LogP contribution in [0.1, 0.15) is 42.2 Å². The Balaban J connectivity index is 2.02. The summed E-state index contributed by atoms with van der Waals surface area (Å²) in [5.41, 5.74) is 2.13. The first kappa shape index (κ1) is 16.0. The zero-order chi connectivity index (χ0) is 17.1. The number of fused-ring (bicyclic) bond motifs is 1. The van der Waals surface area contributed by atoms with Crippen LogP contribution in [0.5, 0.6) is 11.5 Å². The van der Waals surface area contributed by atoms with Crippen LogP contribution in [0.15, 0.2) is 54.6 Å². The molecule has 0 aliphatic carbocycles. The first-order chi connectivity index (χ1) is 11.6. The lowest BCUT2D eigenvalue weighted by atomic mass is 10.0. The van der Waals surface area contributed by atoms with Crippen LogP contribution in [0.4, 0.5) is 0 Å². The third-order valence-electron chi connectivity index (χ3n) is 4.14. The van der Waals surface area contributed by atoms with Gasteiger partial charge in [-0.2, -0.15) is 0 Å². The van der Waals surface area contributed by atoms with E-state index in [0.717, 1.165) is 28.8 Å². The quantitative estimate of drug-likeness (QED) is 0.698. The largest absolute Gasteiger partial charge is 0.478 e. The molecule has 1 N–H and O–H groups in total. The number of carboxylic acids is 1. The van der Waals surface area contributed by atoms with Gasteiger partial charge in [0.25, 0.3) is 0 Å². The summed E-state index contributed by atoms with van der Waals surface area (Å²) in [7, 11) is 0. The highest BCUT2D eigenvalue weighted by atomic mass is 16.5. The van der Waals surface area contributed by atoms with Crippen molar-refractivity contribution in [1.29, 1.82) is 0 Å². The lowest BCUT2D eigenvalue weighted by Crippen LogP contribution is -1.98. The van der Waals surface area contributed by atoms with Gasteiger partial charge in [0.2, 0.25) is 0 Å². The Morgan fingerprint density at radius 3 is 2.54 bits per heavy atom. The molecule has 0 aliphatic rings. The number of aromatic nitrogens is 1. The summed E-state index contributed by atoms with van der Waals surface area (Å²) in [6.07, 6.45) is 0.998. The molecule has 0 aliphatic heterocycles. The molecule has 0 spiro atoms. The van der Waals surface area contributed by atoms with Crippen LogP contribution >= 0.6 is 0 Å². The number of ether oxygens (including phenoxy) is 1.